The maximum Gasteiger partial charge on any atom is 0.272 e. The Morgan fingerprint density at radius 3 is 2.39 bits per heavy atom. The molecule has 4 heteroatoms. The molecule has 3 aromatic carbocycles. The molecule has 0 aromatic heterocycles. The summed E-state index contributed by atoms with van der Waals surface area (Å²) in [5.74, 6) is 0. The van der Waals surface area contributed by atoms with Crippen LogP contribution in [0.3, 0.4) is 0 Å². The van der Waals surface area contributed by atoms with Gasteiger partial charge in [0.05, 0.1) is 6.16 Å². The first-order valence-electron chi connectivity index (χ1n) is 7.49. The lowest BCUT2D eigenvalue weighted by molar-refractivity contribution is 0.456. The van der Waals surface area contributed by atoms with E-state index in [0.29, 0.717) is 0 Å². The van der Waals surface area contributed by atoms with Crippen LogP contribution in [0.15, 0.2) is 72.8 Å². The van der Waals surface area contributed by atoms with Crippen LogP contribution in [0.25, 0.3) is 10.8 Å². The van der Waals surface area contributed by atoms with Gasteiger partial charge in [0, 0.05) is 6.04 Å². The third kappa shape index (κ3) is 3.89. The number of nitrogens with one attached hydrogen (secondary N) is 1. The lowest BCUT2D eigenvalue weighted by Gasteiger charge is -2.21. The Morgan fingerprint density at radius 2 is 1.61 bits per heavy atom. The summed E-state index contributed by atoms with van der Waals surface area (Å²) < 4.78 is 12.5. The minimum Gasteiger partial charge on any atom is -0.333 e. The lowest BCUT2D eigenvalue weighted by atomic mass is 10.0. The number of rotatable bonds is 5. The number of hydrogen-bond acceptors (Lipinski definition) is 1. The molecule has 0 saturated heterocycles. The summed E-state index contributed by atoms with van der Waals surface area (Å²) in [4.78, 5) is 10.3. The van der Waals surface area contributed by atoms with Crippen LogP contribution in [0.4, 0.5) is 0 Å². The van der Waals surface area contributed by atoms with E-state index in [2.05, 4.69) is 12.0 Å². The van der Waals surface area contributed by atoms with Gasteiger partial charge in [-0.05, 0) is 28.8 Å². The fourth-order valence-electron chi connectivity index (χ4n) is 2.74. The van der Waals surface area contributed by atoms with Crippen molar-refractivity contribution in [3.05, 3.63) is 90.8 Å². The van der Waals surface area contributed by atoms with Crippen LogP contribution in [0, 0.1) is 6.92 Å². The van der Waals surface area contributed by atoms with Crippen LogP contribution in [0.5, 0.6) is 0 Å². The normalized spacial score (nSPS) is 15.2. The highest BCUT2D eigenvalue weighted by molar-refractivity contribution is 7.55. The third-order valence-electron chi connectivity index (χ3n) is 3.80. The molecule has 1 radical (unpaired) electrons. The van der Waals surface area contributed by atoms with Crippen LogP contribution in [-0.4, -0.2) is 4.89 Å². The predicted octanol–water partition coefficient (Wildman–Crippen LogP) is 4.69. The molecular formula is C19H19NO2P. The maximum absolute atomic E-state index is 12.5. The monoisotopic (exact) mass is 324 g/mol. The molecule has 0 saturated carbocycles. The van der Waals surface area contributed by atoms with Crippen molar-refractivity contribution in [3.63, 3.8) is 0 Å². The molecule has 0 aliphatic rings. The molecule has 0 heterocycles. The third-order valence-corrected chi connectivity index (χ3v) is 5.30. The molecule has 2 N–H and O–H groups in total. The fraction of sp³-hybridized carbons (Fsp3) is 0.105. The SMILES string of the molecule is [CH2]C(NP(=O)(O)Cc1ccccc1)c1cccc2ccccc12. The maximum atomic E-state index is 12.5. The minimum atomic E-state index is -3.53. The van der Waals surface area contributed by atoms with E-state index in [1.807, 2.05) is 72.8 Å². The number of benzene rings is 3. The Hall–Kier alpha value is -1.93. The molecular weight excluding hydrogens is 305 g/mol. The van der Waals surface area contributed by atoms with Gasteiger partial charge >= 0.3 is 0 Å². The summed E-state index contributed by atoms with van der Waals surface area (Å²) in [5, 5.41) is 4.95. The van der Waals surface area contributed by atoms with Crippen molar-refractivity contribution in [1.29, 1.82) is 0 Å². The van der Waals surface area contributed by atoms with E-state index in [-0.39, 0.29) is 6.16 Å². The molecule has 117 valence electrons. The summed E-state index contributed by atoms with van der Waals surface area (Å²) >= 11 is 0. The van der Waals surface area contributed by atoms with Crippen LogP contribution < -0.4 is 5.09 Å². The quantitative estimate of drug-likeness (QED) is 0.669. The zero-order valence-electron chi connectivity index (χ0n) is 12.7. The van der Waals surface area contributed by atoms with Crippen molar-refractivity contribution < 1.29 is 9.46 Å². The van der Waals surface area contributed by atoms with Gasteiger partial charge in [0.25, 0.3) is 7.52 Å². The molecule has 3 aromatic rings. The fourth-order valence-corrected chi connectivity index (χ4v) is 4.17. The van der Waals surface area contributed by atoms with E-state index in [0.717, 1.165) is 21.9 Å². The highest BCUT2D eigenvalue weighted by Crippen LogP contribution is 2.43. The van der Waals surface area contributed by atoms with Crippen molar-refractivity contribution in [3.8, 4) is 0 Å². The van der Waals surface area contributed by atoms with E-state index in [1.165, 1.54) is 0 Å². The lowest BCUT2D eigenvalue weighted by Crippen LogP contribution is -2.17. The second kappa shape index (κ2) is 6.67. The van der Waals surface area contributed by atoms with Crippen LogP contribution >= 0.6 is 7.52 Å². The van der Waals surface area contributed by atoms with Gasteiger partial charge in [-0.25, -0.2) is 5.09 Å². The van der Waals surface area contributed by atoms with E-state index in [9.17, 15) is 9.46 Å². The van der Waals surface area contributed by atoms with Crippen LogP contribution in [0.1, 0.15) is 17.2 Å². The van der Waals surface area contributed by atoms with E-state index >= 15 is 0 Å². The largest absolute Gasteiger partial charge is 0.333 e. The molecule has 0 spiro atoms. The first kappa shape index (κ1) is 15.9. The van der Waals surface area contributed by atoms with Gasteiger partial charge < -0.3 is 4.89 Å². The Kier molecular flexibility index (Phi) is 4.63. The second-order valence-corrected chi connectivity index (χ2v) is 7.57. The van der Waals surface area contributed by atoms with Crippen molar-refractivity contribution >= 4 is 18.3 Å². The standard InChI is InChI=1S/C19H19NO2P/c1-15(18-13-7-11-17-10-5-6-12-19(17)18)20-23(21,22)14-16-8-3-2-4-9-16/h2-13,15H,1,14H2,(H2,20,21,22). The van der Waals surface area contributed by atoms with E-state index in [4.69, 9.17) is 0 Å². The van der Waals surface area contributed by atoms with Gasteiger partial charge in [-0.3, -0.25) is 4.57 Å². The van der Waals surface area contributed by atoms with E-state index < -0.39 is 13.6 Å². The summed E-state index contributed by atoms with van der Waals surface area (Å²) in [6.07, 6.45) is 0.0879. The van der Waals surface area contributed by atoms with Crippen LogP contribution in [-0.2, 0) is 10.7 Å². The van der Waals surface area contributed by atoms with Gasteiger partial charge in [0.15, 0.2) is 0 Å². The van der Waals surface area contributed by atoms with Gasteiger partial charge in [0.2, 0.25) is 0 Å². The first-order valence-corrected chi connectivity index (χ1v) is 9.34. The molecule has 0 aliphatic carbocycles. The Balaban J connectivity index is 1.82. The Bertz CT molecular complexity index is 843. The first-order chi connectivity index (χ1) is 11.1. The van der Waals surface area contributed by atoms with Crippen molar-refractivity contribution in [2.45, 2.75) is 12.2 Å². The topological polar surface area (TPSA) is 49.3 Å². The Morgan fingerprint density at radius 1 is 0.957 bits per heavy atom. The Labute approximate surface area is 136 Å². The summed E-state index contributed by atoms with van der Waals surface area (Å²) in [5.41, 5.74) is 1.75. The molecule has 0 amide bonds. The zero-order chi connectivity index (χ0) is 16.3. The van der Waals surface area contributed by atoms with Gasteiger partial charge in [-0.15, -0.1) is 0 Å². The summed E-state index contributed by atoms with van der Waals surface area (Å²) in [7, 11) is -3.53. The molecule has 3 nitrogen and oxygen atoms in total. The van der Waals surface area contributed by atoms with E-state index in [1.54, 1.807) is 0 Å². The average molecular weight is 324 g/mol. The summed E-state index contributed by atoms with van der Waals surface area (Å²) in [6, 6.07) is 22.7. The molecule has 0 bridgehead atoms. The molecule has 2 unspecified atom stereocenters. The smallest absolute Gasteiger partial charge is 0.272 e. The summed E-state index contributed by atoms with van der Waals surface area (Å²) in [6.45, 7) is 4.04. The van der Waals surface area contributed by atoms with Crippen molar-refractivity contribution in [2.75, 3.05) is 0 Å². The van der Waals surface area contributed by atoms with Crippen molar-refractivity contribution in [2.24, 2.45) is 0 Å². The van der Waals surface area contributed by atoms with Gasteiger partial charge in [-0.1, -0.05) is 72.8 Å². The molecule has 2 atom stereocenters. The highest BCUT2D eigenvalue weighted by atomic mass is 31.2. The average Bonchev–Trinajstić information content (AvgIpc) is 2.54. The number of hydrogen-bond donors (Lipinski definition) is 2. The van der Waals surface area contributed by atoms with Gasteiger partial charge in [-0.2, -0.15) is 0 Å². The molecule has 23 heavy (non-hydrogen) atoms. The van der Waals surface area contributed by atoms with Gasteiger partial charge in [0.1, 0.15) is 0 Å². The van der Waals surface area contributed by atoms with Crippen LogP contribution in [0.2, 0.25) is 0 Å². The molecule has 0 fully saturated rings. The highest BCUT2D eigenvalue weighted by Gasteiger charge is 2.22. The molecule has 0 aliphatic heterocycles. The van der Waals surface area contributed by atoms with Crippen molar-refractivity contribution in [1.82, 2.24) is 5.09 Å². The number of fused-ring (bicyclic) bond motifs is 1. The molecule has 3 rings (SSSR count). The minimum absolute atomic E-state index is 0.0879. The second-order valence-electron chi connectivity index (χ2n) is 5.60. The zero-order valence-corrected chi connectivity index (χ0v) is 13.6. The predicted molar refractivity (Wildman–Crippen MR) is 95.2 cm³/mol.